The molecule has 0 saturated carbocycles. The van der Waals surface area contributed by atoms with Crippen LogP contribution >= 0.6 is 0 Å². The van der Waals surface area contributed by atoms with E-state index in [1.54, 1.807) is 6.07 Å². The lowest BCUT2D eigenvalue weighted by Gasteiger charge is -2.34. The fraction of sp³-hybridized carbons (Fsp3) is 0.391. The van der Waals surface area contributed by atoms with Crippen molar-refractivity contribution < 1.29 is 19.1 Å². The number of nitrogens with zero attached hydrogens (tertiary/aromatic N) is 1. The Kier molecular flexibility index (Phi) is 5.81. The Morgan fingerprint density at radius 3 is 2.41 bits per heavy atom. The molecule has 6 heteroatoms. The van der Waals surface area contributed by atoms with Crippen LogP contribution in [0.1, 0.15) is 30.1 Å². The number of fused-ring (bicyclic) bond motifs is 1. The van der Waals surface area contributed by atoms with Crippen LogP contribution in [0.25, 0.3) is 0 Å². The molecule has 0 spiro atoms. The van der Waals surface area contributed by atoms with Gasteiger partial charge in [-0.25, -0.2) is 0 Å². The molecule has 2 aliphatic heterocycles. The third kappa shape index (κ3) is 4.43. The van der Waals surface area contributed by atoms with E-state index in [4.69, 9.17) is 9.47 Å². The Bertz CT molecular complexity index is 876. The molecule has 2 aromatic rings. The van der Waals surface area contributed by atoms with E-state index in [1.807, 2.05) is 49.4 Å². The molecule has 1 atom stereocenters. The molecule has 2 aromatic carbocycles. The van der Waals surface area contributed by atoms with E-state index in [-0.39, 0.29) is 23.7 Å². The summed E-state index contributed by atoms with van der Waals surface area (Å²) in [5.74, 6) is 1.43. The van der Waals surface area contributed by atoms with E-state index in [2.05, 4.69) is 10.2 Å². The first-order chi connectivity index (χ1) is 14.1. The predicted molar refractivity (Wildman–Crippen MR) is 111 cm³/mol. The van der Waals surface area contributed by atoms with Crippen LogP contribution in [0, 0.1) is 5.92 Å². The highest BCUT2D eigenvalue weighted by molar-refractivity contribution is 5.98. The van der Waals surface area contributed by atoms with Crippen LogP contribution in [-0.2, 0) is 4.79 Å². The van der Waals surface area contributed by atoms with Gasteiger partial charge in [0.25, 0.3) is 0 Å². The molecule has 1 N–H and O–H groups in total. The van der Waals surface area contributed by atoms with Crippen LogP contribution in [0.3, 0.4) is 0 Å². The summed E-state index contributed by atoms with van der Waals surface area (Å²) in [6, 6.07) is 14.7. The number of hydrogen-bond donors (Lipinski definition) is 1. The molecule has 2 heterocycles. The van der Waals surface area contributed by atoms with Crippen LogP contribution in [0.4, 0.5) is 5.69 Å². The van der Waals surface area contributed by atoms with Crippen molar-refractivity contribution in [3.63, 3.8) is 0 Å². The third-order valence-electron chi connectivity index (χ3n) is 5.70. The Hall–Kier alpha value is -2.86. The number of anilines is 1. The highest BCUT2D eigenvalue weighted by Crippen LogP contribution is 2.32. The zero-order valence-corrected chi connectivity index (χ0v) is 16.6. The normalized spacial score (nSPS) is 18.1. The third-order valence-corrected chi connectivity index (χ3v) is 5.70. The molecule has 1 amide bonds. The van der Waals surface area contributed by atoms with Crippen molar-refractivity contribution in [3.05, 3.63) is 54.1 Å². The summed E-state index contributed by atoms with van der Waals surface area (Å²) in [5, 5.41) is 2.95. The number of carbonyl (C=O) groups is 2. The predicted octanol–water partition coefficient (Wildman–Crippen LogP) is 3.38. The van der Waals surface area contributed by atoms with Gasteiger partial charge in [0.15, 0.2) is 17.3 Å². The van der Waals surface area contributed by atoms with E-state index < -0.39 is 0 Å². The van der Waals surface area contributed by atoms with Crippen LogP contribution in [0.5, 0.6) is 11.5 Å². The summed E-state index contributed by atoms with van der Waals surface area (Å²) in [5.41, 5.74) is 1.47. The Morgan fingerprint density at radius 1 is 1.00 bits per heavy atom. The lowest BCUT2D eigenvalue weighted by Crippen LogP contribution is -2.47. The van der Waals surface area contributed by atoms with E-state index >= 15 is 0 Å². The average Bonchev–Trinajstić information content (AvgIpc) is 2.78. The minimum atomic E-state index is -0.236. The van der Waals surface area contributed by atoms with Crippen LogP contribution in [0.15, 0.2) is 48.5 Å². The van der Waals surface area contributed by atoms with Gasteiger partial charge in [-0.3, -0.25) is 14.5 Å². The molecule has 0 radical (unpaired) electrons. The zero-order valence-electron chi connectivity index (χ0n) is 16.6. The van der Waals surface area contributed by atoms with E-state index in [0.29, 0.717) is 30.3 Å². The zero-order chi connectivity index (χ0) is 20.2. The molecule has 0 bridgehead atoms. The summed E-state index contributed by atoms with van der Waals surface area (Å²) >= 11 is 0. The monoisotopic (exact) mass is 394 g/mol. The van der Waals surface area contributed by atoms with Gasteiger partial charge in [-0.05, 0) is 63.2 Å². The second-order valence-electron chi connectivity index (χ2n) is 7.56. The molecule has 0 aromatic heterocycles. The highest BCUT2D eigenvalue weighted by atomic mass is 16.6. The van der Waals surface area contributed by atoms with E-state index in [0.717, 1.165) is 31.6 Å². The number of piperidine rings is 1. The second kappa shape index (κ2) is 8.66. The molecule has 1 fully saturated rings. The number of carbonyl (C=O) groups excluding carboxylic acids is 2. The highest BCUT2D eigenvalue weighted by Gasteiger charge is 2.30. The van der Waals surface area contributed by atoms with Gasteiger partial charge in [0.05, 0.1) is 6.04 Å². The Balaban J connectivity index is 1.33. The van der Waals surface area contributed by atoms with Gasteiger partial charge in [-0.2, -0.15) is 0 Å². The number of hydrogen-bond acceptors (Lipinski definition) is 5. The summed E-state index contributed by atoms with van der Waals surface area (Å²) in [4.78, 5) is 27.6. The fourth-order valence-corrected chi connectivity index (χ4v) is 3.92. The van der Waals surface area contributed by atoms with Crippen molar-refractivity contribution in [1.82, 2.24) is 4.90 Å². The number of ether oxygens (including phenoxy) is 2. The molecule has 1 saturated heterocycles. The summed E-state index contributed by atoms with van der Waals surface area (Å²) in [6.45, 7) is 4.41. The van der Waals surface area contributed by atoms with Crippen LogP contribution in [0.2, 0.25) is 0 Å². The van der Waals surface area contributed by atoms with Gasteiger partial charge in [-0.1, -0.05) is 18.2 Å². The van der Waals surface area contributed by atoms with Gasteiger partial charge in [-0.15, -0.1) is 0 Å². The lowest BCUT2D eigenvalue weighted by molar-refractivity contribution is -0.121. The maximum atomic E-state index is 12.9. The first-order valence-electron chi connectivity index (χ1n) is 10.2. The van der Waals surface area contributed by atoms with Gasteiger partial charge < -0.3 is 14.8 Å². The molecule has 0 aliphatic carbocycles. The number of Topliss-reactive ketones (excluding diaryl/α,β-unsaturated/α-hetero) is 1. The maximum Gasteiger partial charge on any atom is 0.241 e. The van der Waals surface area contributed by atoms with Crippen LogP contribution < -0.4 is 14.8 Å². The molecule has 2 aliphatic rings. The number of rotatable bonds is 5. The van der Waals surface area contributed by atoms with E-state index in [9.17, 15) is 9.59 Å². The minimum Gasteiger partial charge on any atom is -0.486 e. The molecule has 152 valence electrons. The smallest absolute Gasteiger partial charge is 0.241 e. The first-order valence-corrected chi connectivity index (χ1v) is 10.2. The largest absolute Gasteiger partial charge is 0.486 e. The van der Waals surface area contributed by atoms with Gasteiger partial charge in [0.1, 0.15) is 13.2 Å². The number of likely N-dealkylation sites (tertiary alicyclic amines) is 1. The summed E-state index contributed by atoms with van der Waals surface area (Å²) < 4.78 is 11.1. The van der Waals surface area contributed by atoms with Crippen molar-refractivity contribution in [2.24, 2.45) is 5.92 Å². The number of ketones is 1. The molecule has 4 rings (SSSR count). The molecular weight excluding hydrogens is 368 g/mol. The quantitative estimate of drug-likeness (QED) is 0.788. The van der Waals surface area contributed by atoms with Crippen molar-refractivity contribution in [2.45, 2.75) is 25.8 Å². The topological polar surface area (TPSA) is 67.9 Å². The summed E-state index contributed by atoms with van der Waals surface area (Å²) in [6.07, 6.45) is 1.49. The number of nitrogens with one attached hydrogen (secondary N) is 1. The average molecular weight is 394 g/mol. The number of benzene rings is 2. The molecule has 6 nitrogen and oxygen atoms in total. The maximum absolute atomic E-state index is 12.9. The molecule has 29 heavy (non-hydrogen) atoms. The lowest BCUT2D eigenvalue weighted by atomic mass is 9.88. The Morgan fingerprint density at radius 2 is 1.69 bits per heavy atom. The minimum absolute atomic E-state index is 0.0205. The SMILES string of the molecule is CC(C(=O)Nc1ccccc1)N1CCC(C(=O)c2ccc3c(c2)OCCO3)CC1. The van der Waals surface area contributed by atoms with Crippen molar-refractivity contribution in [3.8, 4) is 11.5 Å². The molecular formula is C23H26N2O4. The number of para-hydroxylation sites is 1. The van der Waals surface area contributed by atoms with Crippen molar-refractivity contribution in [1.29, 1.82) is 0 Å². The molecule has 1 unspecified atom stereocenters. The Labute approximate surface area is 170 Å². The van der Waals surface area contributed by atoms with Gasteiger partial charge in [0.2, 0.25) is 5.91 Å². The fourth-order valence-electron chi connectivity index (χ4n) is 3.92. The van der Waals surface area contributed by atoms with Crippen molar-refractivity contribution >= 4 is 17.4 Å². The van der Waals surface area contributed by atoms with Gasteiger partial charge >= 0.3 is 0 Å². The number of amides is 1. The standard InChI is InChI=1S/C23H26N2O4/c1-16(23(27)24-19-5-3-2-4-6-19)25-11-9-17(10-12-25)22(26)18-7-8-20-21(15-18)29-14-13-28-20/h2-8,15-17H,9-14H2,1H3,(H,24,27). The van der Waals surface area contributed by atoms with E-state index in [1.165, 1.54) is 0 Å². The summed E-state index contributed by atoms with van der Waals surface area (Å²) in [7, 11) is 0. The van der Waals surface area contributed by atoms with Crippen LogP contribution in [-0.4, -0.2) is 48.9 Å². The second-order valence-corrected chi connectivity index (χ2v) is 7.56. The first kappa shape index (κ1) is 19.5. The van der Waals surface area contributed by atoms with Crippen molar-refractivity contribution in [2.75, 3.05) is 31.6 Å². The van der Waals surface area contributed by atoms with Gasteiger partial charge in [0, 0.05) is 17.2 Å².